The number of allylic oxidation sites excluding steroid dienone is 1. The number of hydrogen-bond acceptors (Lipinski definition) is 6. The first kappa shape index (κ1) is 24.2. The van der Waals surface area contributed by atoms with Gasteiger partial charge in [-0.05, 0) is 98.7 Å². The van der Waals surface area contributed by atoms with Crippen molar-refractivity contribution >= 4 is 6.09 Å². The maximum Gasteiger partial charge on any atom is 0.410 e. The zero-order valence-corrected chi connectivity index (χ0v) is 21.4. The minimum absolute atomic E-state index is 0.0182. The van der Waals surface area contributed by atoms with E-state index in [1.807, 2.05) is 6.07 Å². The van der Waals surface area contributed by atoms with E-state index in [4.69, 9.17) is 9.15 Å². The van der Waals surface area contributed by atoms with E-state index >= 15 is 0 Å². The first-order chi connectivity index (χ1) is 17.1. The molecule has 6 rings (SSSR count). The summed E-state index contributed by atoms with van der Waals surface area (Å²) in [5, 5.41) is 22.1. The van der Waals surface area contributed by atoms with Gasteiger partial charge in [0.05, 0.1) is 18.0 Å². The normalized spacial score (nSPS) is 43.8. The first-order valence-electron chi connectivity index (χ1n) is 13.8. The number of likely N-dealkylation sites (tertiary alicyclic amines) is 1. The molecule has 3 saturated carbocycles. The summed E-state index contributed by atoms with van der Waals surface area (Å²) in [4.78, 5) is 25.7. The summed E-state index contributed by atoms with van der Waals surface area (Å²) in [5.41, 5.74) is 1.14. The molecule has 5 aliphatic rings. The fourth-order valence-electron chi connectivity index (χ4n) is 8.97. The predicted octanol–water partition coefficient (Wildman–Crippen LogP) is 4.37. The Labute approximate surface area is 212 Å². The standard InChI is InChI=1S/C29H39NO6/c1-27-11-7-21(36-26(33)30-14-10-20(31)16-30)15-19(27)4-5-24-23(27)8-12-28(2)22(9-13-29(24,28)34)18-3-6-25(32)35-17-18/h3,6,15,17,20-24,31,34H,4-5,7-14,16H2,1-2H3. The second kappa shape index (κ2) is 8.45. The van der Waals surface area contributed by atoms with Crippen LogP contribution in [0.15, 0.2) is 39.3 Å². The Morgan fingerprint density at radius 1 is 1.08 bits per heavy atom. The third-order valence-corrected chi connectivity index (χ3v) is 11.1. The summed E-state index contributed by atoms with van der Waals surface area (Å²) in [5.74, 6) is 0.842. The van der Waals surface area contributed by atoms with Gasteiger partial charge < -0.3 is 24.3 Å². The van der Waals surface area contributed by atoms with Crippen LogP contribution in [0.1, 0.15) is 83.1 Å². The molecule has 8 atom stereocenters. The molecule has 4 fully saturated rings. The molecule has 196 valence electrons. The molecule has 1 aliphatic heterocycles. The van der Waals surface area contributed by atoms with E-state index in [9.17, 15) is 19.8 Å². The van der Waals surface area contributed by atoms with E-state index in [1.165, 1.54) is 11.6 Å². The number of carbonyl (C=O) groups is 1. The second-order valence-electron chi connectivity index (χ2n) is 12.6. The lowest BCUT2D eigenvalue weighted by Crippen LogP contribution is -2.60. The number of aliphatic hydroxyl groups is 2. The van der Waals surface area contributed by atoms with E-state index in [0.717, 1.165) is 56.9 Å². The van der Waals surface area contributed by atoms with Gasteiger partial charge in [-0.25, -0.2) is 9.59 Å². The molecule has 36 heavy (non-hydrogen) atoms. The van der Waals surface area contributed by atoms with Gasteiger partial charge in [0.2, 0.25) is 0 Å². The van der Waals surface area contributed by atoms with Crippen molar-refractivity contribution in [3.63, 3.8) is 0 Å². The number of aliphatic hydroxyl groups excluding tert-OH is 1. The molecule has 0 spiro atoms. The first-order valence-corrected chi connectivity index (χ1v) is 13.8. The topological polar surface area (TPSA) is 100 Å². The van der Waals surface area contributed by atoms with Crippen LogP contribution in [0.25, 0.3) is 0 Å². The van der Waals surface area contributed by atoms with Crippen LogP contribution in [0.4, 0.5) is 4.79 Å². The van der Waals surface area contributed by atoms with Crippen LogP contribution < -0.4 is 5.63 Å². The summed E-state index contributed by atoms with van der Waals surface area (Å²) in [6, 6.07) is 3.38. The zero-order chi connectivity index (χ0) is 25.3. The summed E-state index contributed by atoms with van der Waals surface area (Å²) in [6.07, 6.45) is 10.8. The molecule has 0 radical (unpaired) electrons. The zero-order valence-electron chi connectivity index (χ0n) is 21.4. The molecular formula is C29H39NO6. The van der Waals surface area contributed by atoms with E-state index in [2.05, 4.69) is 19.9 Å². The number of ether oxygens (including phenoxy) is 1. The molecule has 1 amide bonds. The fraction of sp³-hybridized carbons (Fsp3) is 0.724. The van der Waals surface area contributed by atoms with Crippen molar-refractivity contribution in [2.75, 3.05) is 13.1 Å². The monoisotopic (exact) mass is 497 g/mol. The fourth-order valence-corrected chi connectivity index (χ4v) is 8.97. The van der Waals surface area contributed by atoms with Gasteiger partial charge in [-0.15, -0.1) is 0 Å². The Balaban J connectivity index is 1.21. The van der Waals surface area contributed by atoms with Gasteiger partial charge in [-0.1, -0.05) is 19.4 Å². The van der Waals surface area contributed by atoms with Crippen LogP contribution in [-0.4, -0.2) is 52.1 Å². The highest BCUT2D eigenvalue weighted by atomic mass is 16.6. The molecule has 4 aliphatic carbocycles. The summed E-state index contributed by atoms with van der Waals surface area (Å²) < 4.78 is 11.1. The maximum atomic E-state index is 12.6. The van der Waals surface area contributed by atoms with Gasteiger partial charge in [0.1, 0.15) is 6.10 Å². The van der Waals surface area contributed by atoms with Gasteiger partial charge >= 0.3 is 11.7 Å². The predicted molar refractivity (Wildman–Crippen MR) is 133 cm³/mol. The van der Waals surface area contributed by atoms with E-state index in [-0.39, 0.29) is 40.5 Å². The van der Waals surface area contributed by atoms with Crippen molar-refractivity contribution in [1.82, 2.24) is 4.90 Å². The lowest BCUT2D eigenvalue weighted by molar-refractivity contribution is -0.178. The van der Waals surface area contributed by atoms with Crippen molar-refractivity contribution in [3.05, 3.63) is 46.0 Å². The Hall–Kier alpha value is -2.12. The van der Waals surface area contributed by atoms with Crippen LogP contribution in [0, 0.1) is 22.7 Å². The van der Waals surface area contributed by atoms with Crippen LogP contribution in [0.2, 0.25) is 0 Å². The lowest BCUT2D eigenvalue weighted by atomic mass is 9.45. The lowest BCUT2D eigenvalue weighted by Gasteiger charge is -2.61. The van der Waals surface area contributed by atoms with Gasteiger partial charge in [0.15, 0.2) is 0 Å². The molecule has 7 heteroatoms. The Bertz CT molecular complexity index is 1110. The van der Waals surface area contributed by atoms with E-state index in [0.29, 0.717) is 25.4 Å². The minimum Gasteiger partial charge on any atom is -0.442 e. The quantitative estimate of drug-likeness (QED) is 0.589. The largest absolute Gasteiger partial charge is 0.442 e. The van der Waals surface area contributed by atoms with Crippen molar-refractivity contribution in [1.29, 1.82) is 0 Å². The van der Waals surface area contributed by atoms with E-state index in [1.54, 1.807) is 11.2 Å². The van der Waals surface area contributed by atoms with Gasteiger partial charge in [0.25, 0.3) is 0 Å². The average Bonchev–Trinajstić information content (AvgIpc) is 3.41. The van der Waals surface area contributed by atoms with Gasteiger partial charge in [0, 0.05) is 24.6 Å². The molecule has 8 unspecified atom stereocenters. The maximum absolute atomic E-state index is 12.6. The molecule has 7 nitrogen and oxygen atoms in total. The Kier molecular flexibility index (Phi) is 5.69. The third-order valence-electron chi connectivity index (χ3n) is 11.1. The van der Waals surface area contributed by atoms with Gasteiger partial charge in [-0.3, -0.25) is 0 Å². The van der Waals surface area contributed by atoms with Crippen LogP contribution in [-0.2, 0) is 4.74 Å². The number of β-amino-alcohol motifs (C(OH)–C–C–N with tert-alkyl or cyclic N) is 1. The molecular weight excluding hydrogens is 458 g/mol. The second-order valence-corrected chi connectivity index (χ2v) is 12.6. The highest BCUT2D eigenvalue weighted by Gasteiger charge is 2.66. The molecule has 1 aromatic rings. The molecule has 2 heterocycles. The Morgan fingerprint density at radius 2 is 1.92 bits per heavy atom. The molecule has 1 aromatic heterocycles. The highest BCUT2D eigenvalue weighted by molar-refractivity contribution is 5.68. The number of hydrogen-bond donors (Lipinski definition) is 2. The minimum atomic E-state index is -0.731. The SMILES string of the molecule is CC12CCC(OC(=O)N3CCC(O)C3)C=C1CCC1C2CCC2(C)C(c3ccc(=O)oc3)CCC12O. The molecule has 0 aromatic carbocycles. The van der Waals surface area contributed by atoms with Crippen molar-refractivity contribution in [2.24, 2.45) is 22.7 Å². The van der Waals surface area contributed by atoms with Crippen LogP contribution in [0.5, 0.6) is 0 Å². The average molecular weight is 498 g/mol. The summed E-state index contributed by atoms with van der Waals surface area (Å²) in [7, 11) is 0. The van der Waals surface area contributed by atoms with Crippen LogP contribution >= 0.6 is 0 Å². The van der Waals surface area contributed by atoms with Crippen molar-refractivity contribution in [2.45, 2.75) is 95.4 Å². The number of fused-ring (bicyclic) bond motifs is 5. The van der Waals surface area contributed by atoms with Crippen LogP contribution in [0.3, 0.4) is 0 Å². The smallest absolute Gasteiger partial charge is 0.410 e. The summed E-state index contributed by atoms with van der Waals surface area (Å²) >= 11 is 0. The number of rotatable bonds is 2. The molecule has 2 N–H and O–H groups in total. The molecule has 1 saturated heterocycles. The van der Waals surface area contributed by atoms with Gasteiger partial charge in [-0.2, -0.15) is 0 Å². The van der Waals surface area contributed by atoms with Crippen molar-refractivity contribution < 1.29 is 24.2 Å². The summed E-state index contributed by atoms with van der Waals surface area (Å²) in [6.45, 7) is 5.54. The number of nitrogens with zero attached hydrogens (tertiary/aromatic N) is 1. The highest BCUT2D eigenvalue weighted by Crippen LogP contribution is 2.70. The van der Waals surface area contributed by atoms with Crippen molar-refractivity contribution in [3.8, 4) is 0 Å². The Morgan fingerprint density at radius 3 is 2.64 bits per heavy atom. The third kappa shape index (κ3) is 3.52. The molecule has 0 bridgehead atoms. The number of amides is 1. The number of carbonyl (C=O) groups excluding carboxylic acids is 1. The van der Waals surface area contributed by atoms with E-state index < -0.39 is 11.7 Å².